The highest BCUT2D eigenvalue weighted by molar-refractivity contribution is 7.22. The molecule has 0 aromatic carbocycles. The van der Waals surface area contributed by atoms with Crippen LogP contribution < -0.4 is 10.3 Å². The number of aryl methyl sites for hydroxylation is 1. The summed E-state index contributed by atoms with van der Waals surface area (Å²) in [5.74, 6) is -2.05. The number of likely N-dealkylation sites (tertiary alicyclic amines) is 1. The van der Waals surface area contributed by atoms with Crippen LogP contribution in [0.3, 0.4) is 0 Å². The number of alkyl halides is 2. The van der Waals surface area contributed by atoms with Crippen molar-refractivity contribution in [3.63, 3.8) is 0 Å². The highest BCUT2D eigenvalue weighted by Crippen LogP contribution is 2.47. The van der Waals surface area contributed by atoms with Gasteiger partial charge < -0.3 is 14.5 Å². The summed E-state index contributed by atoms with van der Waals surface area (Å²) in [7, 11) is 1.55. The van der Waals surface area contributed by atoms with Crippen LogP contribution in [0.5, 0.6) is 5.75 Å². The van der Waals surface area contributed by atoms with Crippen LogP contribution in [0.1, 0.15) is 30.1 Å². The Morgan fingerprint density at radius 3 is 3.03 bits per heavy atom. The lowest BCUT2D eigenvalue weighted by atomic mass is 9.98. The van der Waals surface area contributed by atoms with Crippen molar-refractivity contribution in [1.82, 2.24) is 20.1 Å². The summed E-state index contributed by atoms with van der Waals surface area (Å²) < 4.78 is 39.9. The first-order valence-corrected chi connectivity index (χ1v) is 10.7. The summed E-state index contributed by atoms with van der Waals surface area (Å²) in [5, 5.41) is 7.60. The van der Waals surface area contributed by atoms with Gasteiger partial charge in [0.2, 0.25) is 0 Å². The number of thiophene rings is 1. The van der Waals surface area contributed by atoms with E-state index in [0.29, 0.717) is 29.2 Å². The summed E-state index contributed by atoms with van der Waals surface area (Å²) in [4.78, 5) is 18.6. The van der Waals surface area contributed by atoms with Gasteiger partial charge in [0.1, 0.15) is 10.4 Å². The number of ether oxygens (including phenoxy) is 2. The Bertz CT molecular complexity index is 1130. The Kier molecular flexibility index (Phi) is 4.87. The van der Waals surface area contributed by atoms with Gasteiger partial charge in [-0.05, 0) is 18.4 Å². The lowest BCUT2D eigenvalue weighted by Crippen LogP contribution is -2.34. The highest BCUT2D eigenvalue weighted by Gasteiger charge is 2.42. The number of aromatic amines is 2. The fourth-order valence-corrected chi connectivity index (χ4v) is 5.62. The van der Waals surface area contributed by atoms with E-state index < -0.39 is 12.0 Å². The number of nitrogens with one attached hydrogen (secondary N) is 2. The van der Waals surface area contributed by atoms with Crippen molar-refractivity contribution in [2.24, 2.45) is 0 Å². The van der Waals surface area contributed by atoms with E-state index in [0.717, 1.165) is 27.8 Å². The minimum atomic E-state index is -2.73. The average Bonchev–Trinajstić information content (AvgIpc) is 3.40. The van der Waals surface area contributed by atoms with Crippen molar-refractivity contribution in [3.8, 4) is 16.2 Å². The van der Waals surface area contributed by atoms with Crippen molar-refractivity contribution < 1.29 is 18.3 Å². The molecule has 160 valence electrons. The summed E-state index contributed by atoms with van der Waals surface area (Å²) in [5.41, 5.74) is 2.24. The molecular formula is C20H22F2N4O3S. The zero-order chi connectivity index (χ0) is 20.9. The predicted octanol–water partition coefficient (Wildman–Crippen LogP) is 3.33. The van der Waals surface area contributed by atoms with E-state index in [9.17, 15) is 13.6 Å². The number of nitrogens with zero attached hydrogens (tertiary/aromatic N) is 2. The van der Waals surface area contributed by atoms with E-state index in [1.54, 1.807) is 24.4 Å². The van der Waals surface area contributed by atoms with Crippen molar-refractivity contribution in [2.45, 2.75) is 31.2 Å². The summed E-state index contributed by atoms with van der Waals surface area (Å²) in [6.07, 6.45) is 4.75. The van der Waals surface area contributed by atoms with Crippen LogP contribution >= 0.6 is 11.3 Å². The molecule has 30 heavy (non-hydrogen) atoms. The minimum Gasteiger partial charge on any atom is -0.491 e. The standard InChI is InChI=1S/C20H22F2N4O3S/c1-28-9-13(26-5-4-20(21,22)10-26)15-12-3-2-6-29-16-14(12)18(19(27)25-15)30-17(16)11-7-23-24-8-11/h7-8,13H,2-6,9-10H2,1H3,(H,23,24)(H,25,27). The molecule has 1 saturated heterocycles. The fourth-order valence-electron chi connectivity index (χ4n) is 4.47. The third-order valence-electron chi connectivity index (χ3n) is 5.82. The van der Waals surface area contributed by atoms with Crippen molar-refractivity contribution in [1.29, 1.82) is 0 Å². The second kappa shape index (κ2) is 7.44. The van der Waals surface area contributed by atoms with E-state index in [1.807, 2.05) is 0 Å². The average molecular weight is 436 g/mol. The van der Waals surface area contributed by atoms with Crippen LogP contribution in [0.4, 0.5) is 8.78 Å². The van der Waals surface area contributed by atoms with Gasteiger partial charge in [0.15, 0.2) is 0 Å². The number of halogens is 2. The fraction of sp³-hybridized carbons (Fsp3) is 0.500. The van der Waals surface area contributed by atoms with Crippen molar-refractivity contribution in [3.05, 3.63) is 34.0 Å². The van der Waals surface area contributed by atoms with Gasteiger partial charge in [-0.1, -0.05) is 0 Å². The molecule has 2 N–H and O–H groups in total. The zero-order valence-corrected chi connectivity index (χ0v) is 17.3. The quantitative estimate of drug-likeness (QED) is 0.641. The number of H-pyrrole nitrogens is 2. The molecule has 5 rings (SSSR count). The molecule has 0 aliphatic carbocycles. The Hall–Kier alpha value is -2.30. The molecule has 7 nitrogen and oxygen atoms in total. The molecule has 0 saturated carbocycles. The number of rotatable bonds is 5. The largest absolute Gasteiger partial charge is 0.491 e. The van der Waals surface area contributed by atoms with Crippen LogP contribution in [0.25, 0.3) is 20.5 Å². The van der Waals surface area contributed by atoms with Crippen LogP contribution in [0.15, 0.2) is 17.2 Å². The molecule has 0 amide bonds. The molecule has 0 spiro atoms. The summed E-state index contributed by atoms with van der Waals surface area (Å²) in [6.45, 7) is 0.663. The molecule has 3 aromatic heterocycles. The first kappa shape index (κ1) is 19.7. The molecule has 3 aromatic rings. The molecule has 10 heteroatoms. The molecule has 1 atom stereocenters. The van der Waals surface area contributed by atoms with E-state index in [4.69, 9.17) is 9.47 Å². The van der Waals surface area contributed by atoms with Gasteiger partial charge in [0.25, 0.3) is 11.5 Å². The van der Waals surface area contributed by atoms with E-state index in [-0.39, 0.29) is 31.7 Å². The van der Waals surface area contributed by atoms with Gasteiger partial charge in [-0.25, -0.2) is 8.78 Å². The monoisotopic (exact) mass is 436 g/mol. The molecule has 5 heterocycles. The molecular weight excluding hydrogens is 414 g/mol. The second-order valence-corrected chi connectivity index (χ2v) is 8.82. The minimum absolute atomic E-state index is 0.188. The first-order valence-electron chi connectivity index (χ1n) is 9.93. The summed E-state index contributed by atoms with van der Waals surface area (Å²) >= 11 is 1.37. The normalized spacial score (nSPS) is 19.7. The maximum atomic E-state index is 13.9. The number of hydrogen-bond donors (Lipinski definition) is 2. The Labute approximate surface area is 175 Å². The topological polar surface area (TPSA) is 83.2 Å². The van der Waals surface area contributed by atoms with Crippen LogP contribution in [-0.4, -0.2) is 59.4 Å². The van der Waals surface area contributed by atoms with Crippen LogP contribution in [-0.2, 0) is 11.2 Å². The Balaban J connectivity index is 1.71. The first-order chi connectivity index (χ1) is 14.5. The van der Waals surface area contributed by atoms with Gasteiger partial charge in [0.05, 0.1) is 36.9 Å². The molecule has 1 fully saturated rings. The Morgan fingerprint density at radius 2 is 2.33 bits per heavy atom. The molecule has 0 radical (unpaired) electrons. The molecule has 1 unspecified atom stereocenters. The van der Waals surface area contributed by atoms with Gasteiger partial charge in [-0.2, -0.15) is 5.10 Å². The van der Waals surface area contributed by atoms with Gasteiger partial charge >= 0.3 is 0 Å². The maximum absolute atomic E-state index is 13.9. The van der Waals surface area contributed by atoms with Crippen molar-refractivity contribution >= 4 is 21.4 Å². The second-order valence-electron chi connectivity index (χ2n) is 7.80. The van der Waals surface area contributed by atoms with E-state index >= 15 is 0 Å². The number of pyridine rings is 1. The number of aromatic nitrogens is 3. The van der Waals surface area contributed by atoms with Crippen molar-refractivity contribution in [2.75, 3.05) is 33.4 Å². The zero-order valence-electron chi connectivity index (χ0n) is 16.5. The molecule has 2 aliphatic rings. The lowest BCUT2D eigenvalue weighted by Gasteiger charge is -2.28. The predicted molar refractivity (Wildman–Crippen MR) is 110 cm³/mol. The van der Waals surface area contributed by atoms with Gasteiger partial charge in [0, 0.05) is 42.9 Å². The molecule has 2 aliphatic heterocycles. The third kappa shape index (κ3) is 3.23. The van der Waals surface area contributed by atoms with E-state index in [2.05, 4.69) is 15.2 Å². The van der Waals surface area contributed by atoms with Gasteiger partial charge in [-0.15, -0.1) is 11.3 Å². The SMILES string of the molecule is COCC(c1[nH]c(=O)c2sc(-c3cn[nH]c3)c3c2c1CCCO3)N1CCC(F)(F)C1. The van der Waals surface area contributed by atoms with Crippen LogP contribution in [0.2, 0.25) is 0 Å². The van der Waals surface area contributed by atoms with Crippen LogP contribution in [0, 0.1) is 0 Å². The number of methoxy groups -OCH3 is 1. The van der Waals surface area contributed by atoms with Gasteiger partial charge in [-0.3, -0.25) is 14.8 Å². The summed E-state index contributed by atoms with van der Waals surface area (Å²) in [6, 6.07) is -0.446. The highest BCUT2D eigenvalue weighted by atomic mass is 32.1. The molecule has 0 bridgehead atoms. The number of hydrogen-bond acceptors (Lipinski definition) is 6. The third-order valence-corrected chi connectivity index (χ3v) is 7.04. The van der Waals surface area contributed by atoms with E-state index in [1.165, 1.54) is 11.3 Å². The maximum Gasteiger partial charge on any atom is 0.266 e. The smallest absolute Gasteiger partial charge is 0.266 e. The lowest BCUT2D eigenvalue weighted by molar-refractivity contribution is 0.00124. The Morgan fingerprint density at radius 1 is 1.47 bits per heavy atom.